The largest absolute Gasteiger partial charge is 0.356 e. The van der Waals surface area contributed by atoms with E-state index in [0.29, 0.717) is 12.0 Å². The summed E-state index contributed by atoms with van der Waals surface area (Å²) in [5.74, 6) is 2.38. The van der Waals surface area contributed by atoms with Crippen LogP contribution in [0.3, 0.4) is 0 Å². The summed E-state index contributed by atoms with van der Waals surface area (Å²) in [5, 5.41) is 3.26. The van der Waals surface area contributed by atoms with Crippen molar-refractivity contribution >= 4 is 5.82 Å². The fraction of sp³-hybridized carbons (Fsp3) is 0.722. The zero-order valence-electron chi connectivity index (χ0n) is 14.3. The van der Waals surface area contributed by atoms with Gasteiger partial charge in [-0.15, -0.1) is 0 Å². The van der Waals surface area contributed by atoms with Crippen LogP contribution in [0.1, 0.15) is 63.6 Å². The molecule has 0 radical (unpaired) electrons. The molecule has 0 bridgehead atoms. The number of pyridine rings is 1. The third-order valence-electron chi connectivity index (χ3n) is 4.79. The van der Waals surface area contributed by atoms with E-state index in [1.165, 1.54) is 36.9 Å². The van der Waals surface area contributed by atoms with Crippen LogP contribution in [-0.2, 0) is 6.54 Å². The first-order valence-corrected chi connectivity index (χ1v) is 8.41. The highest BCUT2D eigenvalue weighted by Gasteiger charge is 2.26. The predicted octanol–water partition coefficient (Wildman–Crippen LogP) is 3.94. The van der Waals surface area contributed by atoms with Gasteiger partial charge in [-0.2, -0.15) is 0 Å². The van der Waals surface area contributed by atoms with Crippen LogP contribution in [0, 0.1) is 5.92 Å². The van der Waals surface area contributed by atoms with Gasteiger partial charge in [0, 0.05) is 25.3 Å². The van der Waals surface area contributed by atoms with Crippen LogP contribution in [0.5, 0.6) is 0 Å². The summed E-state index contributed by atoms with van der Waals surface area (Å²) in [7, 11) is 4.23. The number of hydrogen-bond acceptors (Lipinski definition) is 3. The van der Waals surface area contributed by atoms with Gasteiger partial charge in [0.15, 0.2) is 0 Å². The number of hydrogen-bond donors (Lipinski definition) is 1. The van der Waals surface area contributed by atoms with Gasteiger partial charge in [0.2, 0.25) is 0 Å². The highest BCUT2D eigenvalue weighted by Crippen LogP contribution is 2.30. The summed E-state index contributed by atoms with van der Waals surface area (Å²) in [4.78, 5) is 7.35. The fourth-order valence-electron chi connectivity index (χ4n) is 3.42. The van der Waals surface area contributed by atoms with Crippen molar-refractivity contribution in [3.8, 4) is 0 Å². The molecule has 0 aliphatic heterocycles. The van der Waals surface area contributed by atoms with Crippen molar-refractivity contribution in [2.45, 2.75) is 65.0 Å². The zero-order chi connectivity index (χ0) is 15.4. The average molecular weight is 289 g/mol. The van der Waals surface area contributed by atoms with E-state index in [4.69, 9.17) is 4.98 Å². The second kappa shape index (κ2) is 7.26. The molecule has 3 nitrogen and oxygen atoms in total. The highest BCUT2D eigenvalue weighted by molar-refractivity contribution is 5.44. The third kappa shape index (κ3) is 3.97. The molecule has 2 rings (SSSR count). The van der Waals surface area contributed by atoms with E-state index in [9.17, 15) is 0 Å². The van der Waals surface area contributed by atoms with E-state index in [-0.39, 0.29) is 0 Å². The lowest BCUT2D eigenvalue weighted by atomic mass is 9.85. The number of rotatable bonds is 5. The van der Waals surface area contributed by atoms with Gasteiger partial charge in [-0.1, -0.05) is 33.6 Å². The monoisotopic (exact) mass is 289 g/mol. The lowest BCUT2D eigenvalue weighted by Gasteiger charge is -2.37. The first-order chi connectivity index (χ1) is 10.0. The summed E-state index contributed by atoms with van der Waals surface area (Å²) >= 11 is 0. The van der Waals surface area contributed by atoms with Gasteiger partial charge in [-0.3, -0.25) is 0 Å². The molecule has 1 aliphatic carbocycles. The van der Waals surface area contributed by atoms with E-state index in [1.807, 2.05) is 7.05 Å². The molecule has 1 aromatic rings. The molecule has 1 N–H and O–H groups in total. The highest BCUT2D eigenvalue weighted by atomic mass is 15.2. The Morgan fingerprint density at radius 2 is 2.00 bits per heavy atom. The van der Waals surface area contributed by atoms with Gasteiger partial charge in [0.1, 0.15) is 5.82 Å². The maximum Gasteiger partial charge on any atom is 0.129 e. The average Bonchev–Trinajstić information content (AvgIpc) is 2.47. The van der Waals surface area contributed by atoms with Crippen molar-refractivity contribution in [1.29, 1.82) is 0 Å². The van der Waals surface area contributed by atoms with Crippen molar-refractivity contribution in [3.63, 3.8) is 0 Å². The van der Waals surface area contributed by atoms with Crippen LogP contribution < -0.4 is 10.2 Å². The van der Waals surface area contributed by atoms with Crippen LogP contribution in [0.4, 0.5) is 5.82 Å². The van der Waals surface area contributed by atoms with Gasteiger partial charge in [-0.25, -0.2) is 4.98 Å². The van der Waals surface area contributed by atoms with Crippen molar-refractivity contribution in [2.75, 3.05) is 19.0 Å². The second-order valence-electron chi connectivity index (χ2n) is 6.88. The van der Waals surface area contributed by atoms with Crippen molar-refractivity contribution in [2.24, 2.45) is 5.92 Å². The molecule has 0 amide bonds. The molecule has 1 heterocycles. The Balaban J connectivity index is 2.27. The van der Waals surface area contributed by atoms with Crippen LogP contribution in [-0.4, -0.2) is 25.1 Å². The molecule has 1 aliphatic rings. The fourth-order valence-corrected chi connectivity index (χ4v) is 3.42. The molecular formula is C18H31N3. The van der Waals surface area contributed by atoms with E-state index in [1.54, 1.807) is 0 Å². The molecule has 3 heteroatoms. The van der Waals surface area contributed by atoms with Crippen LogP contribution in [0.2, 0.25) is 0 Å². The van der Waals surface area contributed by atoms with Crippen molar-refractivity contribution in [1.82, 2.24) is 10.3 Å². The first-order valence-electron chi connectivity index (χ1n) is 8.41. The van der Waals surface area contributed by atoms with E-state index in [0.717, 1.165) is 18.3 Å². The predicted molar refractivity (Wildman–Crippen MR) is 90.9 cm³/mol. The van der Waals surface area contributed by atoms with Crippen molar-refractivity contribution < 1.29 is 0 Å². The number of anilines is 1. The topological polar surface area (TPSA) is 28.2 Å². The minimum absolute atomic E-state index is 0.470. The summed E-state index contributed by atoms with van der Waals surface area (Å²) in [6.45, 7) is 7.74. The number of aromatic nitrogens is 1. The molecular weight excluding hydrogens is 258 g/mol. The normalized spacial score (nSPS) is 22.6. The Morgan fingerprint density at radius 3 is 2.62 bits per heavy atom. The van der Waals surface area contributed by atoms with Crippen LogP contribution in [0.25, 0.3) is 0 Å². The van der Waals surface area contributed by atoms with Crippen LogP contribution >= 0.6 is 0 Å². The first kappa shape index (κ1) is 16.3. The second-order valence-corrected chi connectivity index (χ2v) is 6.88. The maximum absolute atomic E-state index is 4.92. The lowest BCUT2D eigenvalue weighted by Crippen LogP contribution is -2.39. The SMILES string of the molecule is CNCc1cc(C(C)C)nc(N(C)C2CCCCC2C)c1. The molecule has 0 spiro atoms. The molecule has 1 aromatic heterocycles. The smallest absolute Gasteiger partial charge is 0.129 e. The van der Waals surface area contributed by atoms with E-state index < -0.39 is 0 Å². The van der Waals surface area contributed by atoms with Gasteiger partial charge in [0.05, 0.1) is 0 Å². The van der Waals surface area contributed by atoms with Crippen LogP contribution in [0.15, 0.2) is 12.1 Å². The molecule has 2 atom stereocenters. The third-order valence-corrected chi connectivity index (χ3v) is 4.79. The maximum atomic E-state index is 4.92. The molecule has 2 unspecified atom stereocenters. The van der Waals surface area contributed by atoms with E-state index >= 15 is 0 Å². The Kier molecular flexibility index (Phi) is 5.63. The Bertz CT molecular complexity index is 456. The van der Waals surface area contributed by atoms with Gasteiger partial charge in [-0.05, 0) is 49.4 Å². The van der Waals surface area contributed by atoms with Crippen molar-refractivity contribution in [3.05, 3.63) is 23.4 Å². The van der Waals surface area contributed by atoms with Gasteiger partial charge in [0.25, 0.3) is 0 Å². The minimum Gasteiger partial charge on any atom is -0.356 e. The molecule has 21 heavy (non-hydrogen) atoms. The summed E-state index contributed by atoms with van der Waals surface area (Å²) in [6.07, 6.45) is 5.39. The molecule has 0 aromatic carbocycles. The number of nitrogens with one attached hydrogen (secondary N) is 1. The quantitative estimate of drug-likeness (QED) is 0.890. The molecule has 118 valence electrons. The van der Waals surface area contributed by atoms with E-state index in [2.05, 4.69) is 50.2 Å². The summed E-state index contributed by atoms with van der Waals surface area (Å²) in [6, 6.07) is 5.13. The molecule has 0 saturated heterocycles. The summed E-state index contributed by atoms with van der Waals surface area (Å²) < 4.78 is 0. The Morgan fingerprint density at radius 1 is 1.29 bits per heavy atom. The van der Waals surface area contributed by atoms with Gasteiger partial charge >= 0.3 is 0 Å². The zero-order valence-corrected chi connectivity index (χ0v) is 14.3. The standard InChI is InChI=1S/C18H31N3/c1-13(2)16-10-15(12-19-4)11-18(20-16)21(5)17-9-7-6-8-14(17)3/h10-11,13-14,17,19H,6-9,12H2,1-5H3. The lowest BCUT2D eigenvalue weighted by molar-refractivity contribution is 0.320. The number of nitrogens with zero attached hydrogens (tertiary/aromatic N) is 2. The summed E-state index contributed by atoms with van der Waals surface area (Å²) in [5.41, 5.74) is 2.54. The molecule has 1 saturated carbocycles. The minimum atomic E-state index is 0.470. The Hall–Kier alpha value is -1.09. The Labute approximate surface area is 130 Å². The van der Waals surface area contributed by atoms with Gasteiger partial charge < -0.3 is 10.2 Å². The molecule has 1 fully saturated rings.